The Hall–Kier alpha value is -0.530. The zero-order valence-corrected chi connectivity index (χ0v) is 7.63. The van der Waals surface area contributed by atoms with Gasteiger partial charge in [-0.2, -0.15) is 0 Å². The van der Waals surface area contributed by atoms with Gasteiger partial charge in [-0.05, 0) is 11.8 Å². The van der Waals surface area contributed by atoms with E-state index in [-0.39, 0.29) is 18.0 Å². The zero-order valence-electron chi connectivity index (χ0n) is 7.63. The van der Waals surface area contributed by atoms with Gasteiger partial charge in [-0.3, -0.25) is 4.79 Å². The SMILES string of the molecule is CC(C)[C@H]1OC(=O)[C@@H]1C(C)C. The Morgan fingerprint density at radius 3 is 1.91 bits per heavy atom. The fourth-order valence-electron chi connectivity index (χ4n) is 1.55. The van der Waals surface area contributed by atoms with Gasteiger partial charge in [0.25, 0.3) is 0 Å². The van der Waals surface area contributed by atoms with E-state index < -0.39 is 0 Å². The van der Waals surface area contributed by atoms with E-state index in [1.54, 1.807) is 0 Å². The minimum absolute atomic E-state index is 0.0151. The van der Waals surface area contributed by atoms with E-state index in [2.05, 4.69) is 27.7 Å². The fraction of sp³-hybridized carbons (Fsp3) is 0.889. The van der Waals surface area contributed by atoms with Gasteiger partial charge in [0.2, 0.25) is 0 Å². The van der Waals surface area contributed by atoms with E-state index >= 15 is 0 Å². The molecule has 0 N–H and O–H groups in total. The van der Waals surface area contributed by atoms with Crippen molar-refractivity contribution in [3.05, 3.63) is 0 Å². The first-order valence-electron chi connectivity index (χ1n) is 4.24. The third kappa shape index (κ3) is 1.39. The lowest BCUT2D eigenvalue weighted by Crippen LogP contribution is -2.50. The summed E-state index contributed by atoms with van der Waals surface area (Å²) in [4.78, 5) is 11.0. The van der Waals surface area contributed by atoms with Crippen LogP contribution < -0.4 is 0 Å². The fourth-order valence-corrected chi connectivity index (χ4v) is 1.55. The Morgan fingerprint density at radius 2 is 1.73 bits per heavy atom. The summed E-state index contributed by atoms with van der Waals surface area (Å²) in [5.74, 6) is 1.01. The van der Waals surface area contributed by atoms with E-state index in [0.717, 1.165) is 0 Å². The lowest BCUT2D eigenvalue weighted by molar-refractivity contribution is -0.195. The summed E-state index contributed by atoms with van der Waals surface area (Å²) in [6.45, 7) is 8.32. The van der Waals surface area contributed by atoms with E-state index in [1.165, 1.54) is 0 Å². The molecule has 2 heteroatoms. The molecule has 1 aliphatic rings. The van der Waals surface area contributed by atoms with Crippen molar-refractivity contribution in [2.24, 2.45) is 17.8 Å². The number of hydrogen-bond donors (Lipinski definition) is 0. The number of rotatable bonds is 2. The summed E-state index contributed by atoms with van der Waals surface area (Å²) in [7, 11) is 0. The van der Waals surface area contributed by atoms with Crippen LogP contribution in [0.2, 0.25) is 0 Å². The molecule has 64 valence electrons. The number of esters is 1. The maximum Gasteiger partial charge on any atom is 0.313 e. The Labute approximate surface area is 67.9 Å². The van der Waals surface area contributed by atoms with E-state index in [0.29, 0.717) is 11.8 Å². The average Bonchev–Trinajstić information content (AvgIpc) is 1.80. The van der Waals surface area contributed by atoms with Crippen LogP contribution in [0.3, 0.4) is 0 Å². The molecule has 1 saturated heterocycles. The van der Waals surface area contributed by atoms with Gasteiger partial charge < -0.3 is 4.74 Å². The normalized spacial score (nSPS) is 30.5. The summed E-state index contributed by atoms with van der Waals surface area (Å²) in [6, 6.07) is 0. The molecule has 0 saturated carbocycles. The Balaban J connectivity index is 2.55. The Morgan fingerprint density at radius 1 is 1.18 bits per heavy atom. The van der Waals surface area contributed by atoms with Crippen molar-refractivity contribution >= 4 is 5.97 Å². The first-order valence-corrected chi connectivity index (χ1v) is 4.24. The average molecular weight is 156 g/mol. The van der Waals surface area contributed by atoms with Crippen molar-refractivity contribution < 1.29 is 9.53 Å². The first kappa shape index (κ1) is 8.57. The third-order valence-electron chi connectivity index (χ3n) is 2.25. The highest BCUT2D eigenvalue weighted by atomic mass is 16.6. The molecule has 1 heterocycles. The van der Waals surface area contributed by atoms with Crippen LogP contribution in [0.5, 0.6) is 0 Å². The van der Waals surface area contributed by atoms with Crippen molar-refractivity contribution in [1.82, 2.24) is 0 Å². The van der Waals surface area contributed by atoms with Crippen molar-refractivity contribution in [3.8, 4) is 0 Å². The lowest BCUT2D eigenvalue weighted by atomic mass is 9.81. The molecule has 11 heavy (non-hydrogen) atoms. The number of ether oxygens (including phenoxy) is 1. The van der Waals surface area contributed by atoms with Gasteiger partial charge in [-0.25, -0.2) is 0 Å². The molecular formula is C9H16O2. The van der Waals surface area contributed by atoms with Crippen LogP contribution in [0, 0.1) is 17.8 Å². The smallest absolute Gasteiger partial charge is 0.313 e. The highest BCUT2D eigenvalue weighted by Crippen LogP contribution is 2.33. The summed E-state index contributed by atoms with van der Waals surface area (Å²) >= 11 is 0. The van der Waals surface area contributed by atoms with Gasteiger partial charge in [-0.1, -0.05) is 27.7 Å². The van der Waals surface area contributed by atoms with Gasteiger partial charge in [0.05, 0.1) is 5.92 Å². The summed E-state index contributed by atoms with van der Waals surface area (Å²) < 4.78 is 5.04. The molecule has 0 unspecified atom stereocenters. The van der Waals surface area contributed by atoms with Crippen molar-refractivity contribution in [2.45, 2.75) is 33.8 Å². The molecule has 0 radical (unpaired) electrons. The molecule has 1 rings (SSSR count). The van der Waals surface area contributed by atoms with Crippen LogP contribution in [0.25, 0.3) is 0 Å². The molecule has 1 fully saturated rings. The van der Waals surface area contributed by atoms with Gasteiger partial charge >= 0.3 is 5.97 Å². The van der Waals surface area contributed by atoms with Crippen molar-refractivity contribution in [1.29, 1.82) is 0 Å². The van der Waals surface area contributed by atoms with E-state index in [1.807, 2.05) is 0 Å². The van der Waals surface area contributed by atoms with Crippen LogP contribution in [0.4, 0.5) is 0 Å². The van der Waals surface area contributed by atoms with Gasteiger partial charge in [0, 0.05) is 0 Å². The predicted octanol–water partition coefficient (Wildman–Crippen LogP) is 1.84. The van der Waals surface area contributed by atoms with Gasteiger partial charge in [0.15, 0.2) is 0 Å². The second-order valence-electron chi connectivity index (χ2n) is 3.92. The second-order valence-corrected chi connectivity index (χ2v) is 3.92. The maximum atomic E-state index is 11.0. The maximum absolute atomic E-state index is 11.0. The summed E-state index contributed by atoms with van der Waals surface area (Å²) in [5.41, 5.74) is 0. The van der Waals surface area contributed by atoms with Crippen LogP contribution in [0.15, 0.2) is 0 Å². The van der Waals surface area contributed by atoms with Crippen molar-refractivity contribution in [2.75, 3.05) is 0 Å². The van der Waals surface area contributed by atoms with Gasteiger partial charge in [0.1, 0.15) is 6.10 Å². The molecule has 2 nitrogen and oxygen atoms in total. The first-order chi connectivity index (χ1) is 5.04. The molecule has 0 aromatic carbocycles. The predicted molar refractivity (Wildman–Crippen MR) is 43.0 cm³/mol. The molecular weight excluding hydrogens is 140 g/mol. The van der Waals surface area contributed by atoms with Crippen LogP contribution in [0.1, 0.15) is 27.7 Å². The zero-order chi connectivity index (χ0) is 8.59. The topological polar surface area (TPSA) is 26.3 Å². The molecule has 0 aromatic rings. The molecule has 0 amide bonds. The number of carbonyl (C=O) groups is 1. The molecule has 0 bridgehead atoms. The summed E-state index contributed by atoms with van der Waals surface area (Å²) in [5, 5.41) is 0. The quantitative estimate of drug-likeness (QED) is 0.570. The van der Waals surface area contributed by atoms with Gasteiger partial charge in [-0.15, -0.1) is 0 Å². The standard InChI is InChI=1S/C9H16O2/c1-5(2)7-8(6(3)4)11-9(7)10/h5-8H,1-4H3/t7-,8-/m1/s1. The Kier molecular flexibility index (Phi) is 2.21. The monoisotopic (exact) mass is 156 g/mol. The minimum Gasteiger partial charge on any atom is -0.461 e. The molecule has 1 aliphatic heterocycles. The van der Waals surface area contributed by atoms with Crippen LogP contribution in [-0.2, 0) is 9.53 Å². The highest BCUT2D eigenvalue weighted by Gasteiger charge is 2.45. The second kappa shape index (κ2) is 2.84. The Bertz CT molecular complexity index is 161. The molecule has 0 aliphatic carbocycles. The largest absolute Gasteiger partial charge is 0.461 e. The van der Waals surface area contributed by atoms with E-state index in [4.69, 9.17) is 4.74 Å². The minimum atomic E-state index is -0.0151. The van der Waals surface area contributed by atoms with Crippen LogP contribution in [-0.4, -0.2) is 12.1 Å². The highest BCUT2D eigenvalue weighted by molar-refractivity contribution is 5.78. The number of carbonyl (C=O) groups excluding carboxylic acids is 1. The lowest BCUT2D eigenvalue weighted by Gasteiger charge is -2.40. The number of cyclic esters (lactones) is 1. The van der Waals surface area contributed by atoms with Crippen molar-refractivity contribution in [3.63, 3.8) is 0 Å². The van der Waals surface area contributed by atoms with Crippen LogP contribution >= 0.6 is 0 Å². The summed E-state index contributed by atoms with van der Waals surface area (Å²) in [6.07, 6.45) is 0.169. The number of hydrogen-bond acceptors (Lipinski definition) is 2. The van der Waals surface area contributed by atoms with E-state index in [9.17, 15) is 4.79 Å². The molecule has 2 atom stereocenters. The molecule has 0 aromatic heterocycles. The molecule has 0 spiro atoms. The third-order valence-corrected chi connectivity index (χ3v) is 2.25.